The molecule has 1 fully saturated rings. The van der Waals surface area contributed by atoms with Gasteiger partial charge >= 0.3 is 0 Å². The molecule has 2 rings (SSSR count). The summed E-state index contributed by atoms with van der Waals surface area (Å²) in [5.74, 6) is -0.652. The molecular weight excluding hydrogens is 223 g/mol. The lowest BCUT2D eigenvalue weighted by atomic mass is 10.1. The topological polar surface area (TPSA) is 49.4 Å². The fourth-order valence-electron chi connectivity index (χ4n) is 1.78. The van der Waals surface area contributed by atoms with Crippen molar-refractivity contribution in [2.75, 3.05) is 19.6 Å². The summed E-state index contributed by atoms with van der Waals surface area (Å²) in [5, 5.41) is 2.65. The lowest BCUT2D eigenvalue weighted by molar-refractivity contribution is -0.137. The quantitative estimate of drug-likeness (QED) is 0.804. The zero-order valence-corrected chi connectivity index (χ0v) is 9.28. The molecule has 0 spiro atoms. The molecule has 1 N–H and O–H groups in total. The Morgan fingerprint density at radius 3 is 3.00 bits per heavy atom. The molecule has 90 valence electrons. The van der Waals surface area contributed by atoms with Crippen LogP contribution in [0.4, 0.5) is 4.39 Å². The van der Waals surface area contributed by atoms with Crippen LogP contribution in [0.1, 0.15) is 5.56 Å². The van der Waals surface area contributed by atoms with Crippen molar-refractivity contribution in [3.8, 4) is 0 Å². The van der Waals surface area contributed by atoms with E-state index in [4.69, 9.17) is 0 Å². The van der Waals surface area contributed by atoms with Gasteiger partial charge in [0.25, 0.3) is 0 Å². The molecule has 2 amide bonds. The standard InChI is InChI=1S/C12H13FN2O2/c13-10-3-1-2-9(6-10)7-12(17)15-5-4-14-11(16)8-15/h1-3,6H,4-5,7-8H2,(H,14,16). The van der Waals surface area contributed by atoms with Gasteiger partial charge < -0.3 is 10.2 Å². The number of nitrogens with zero attached hydrogens (tertiary/aromatic N) is 1. The highest BCUT2D eigenvalue weighted by atomic mass is 19.1. The van der Waals surface area contributed by atoms with Crippen LogP contribution < -0.4 is 5.32 Å². The summed E-state index contributed by atoms with van der Waals surface area (Å²) in [6.07, 6.45) is 0.130. The smallest absolute Gasteiger partial charge is 0.239 e. The molecule has 0 aliphatic carbocycles. The minimum absolute atomic E-state index is 0.0914. The second-order valence-corrected chi connectivity index (χ2v) is 3.97. The van der Waals surface area contributed by atoms with E-state index in [1.54, 1.807) is 12.1 Å². The van der Waals surface area contributed by atoms with Crippen LogP contribution in [0.5, 0.6) is 0 Å². The third-order valence-electron chi connectivity index (χ3n) is 2.64. The van der Waals surface area contributed by atoms with Gasteiger partial charge in [-0.25, -0.2) is 4.39 Å². The molecule has 1 saturated heterocycles. The molecule has 0 aromatic heterocycles. The third kappa shape index (κ3) is 3.03. The van der Waals surface area contributed by atoms with Gasteiger partial charge in [-0.1, -0.05) is 12.1 Å². The van der Waals surface area contributed by atoms with Gasteiger partial charge in [0, 0.05) is 13.1 Å². The van der Waals surface area contributed by atoms with Crippen LogP contribution in [0.2, 0.25) is 0 Å². The van der Waals surface area contributed by atoms with E-state index in [1.165, 1.54) is 17.0 Å². The number of carbonyl (C=O) groups is 2. The van der Waals surface area contributed by atoms with E-state index in [0.29, 0.717) is 18.7 Å². The van der Waals surface area contributed by atoms with Crippen molar-refractivity contribution in [2.24, 2.45) is 0 Å². The number of halogens is 1. The number of benzene rings is 1. The number of hydrogen-bond acceptors (Lipinski definition) is 2. The van der Waals surface area contributed by atoms with E-state index in [2.05, 4.69) is 5.32 Å². The molecule has 1 aromatic carbocycles. The minimum Gasteiger partial charge on any atom is -0.353 e. The van der Waals surface area contributed by atoms with Crippen molar-refractivity contribution in [1.29, 1.82) is 0 Å². The van der Waals surface area contributed by atoms with E-state index < -0.39 is 0 Å². The van der Waals surface area contributed by atoms with Crippen molar-refractivity contribution in [3.63, 3.8) is 0 Å². The number of piperazine rings is 1. The van der Waals surface area contributed by atoms with Crippen molar-refractivity contribution < 1.29 is 14.0 Å². The van der Waals surface area contributed by atoms with Crippen molar-refractivity contribution in [1.82, 2.24) is 10.2 Å². The van der Waals surface area contributed by atoms with Gasteiger partial charge in [-0.2, -0.15) is 0 Å². The summed E-state index contributed by atoms with van der Waals surface area (Å²) in [7, 11) is 0. The van der Waals surface area contributed by atoms with Crippen LogP contribution in [-0.4, -0.2) is 36.3 Å². The summed E-state index contributed by atoms with van der Waals surface area (Å²) in [5.41, 5.74) is 0.626. The monoisotopic (exact) mass is 236 g/mol. The Labute approximate surface area is 98.4 Å². The molecule has 0 atom stereocenters. The number of rotatable bonds is 2. The minimum atomic E-state index is -0.355. The van der Waals surface area contributed by atoms with E-state index in [0.717, 1.165) is 0 Å². The van der Waals surface area contributed by atoms with E-state index in [-0.39, 0.29) is 30.6 Å². The first kappa shape index (κ1) is 11.6. The first-order valence-corrected chi connectivity index (χ1v) is 5.44. The van der Waals surface area contributed by atoms with E-state index in [1.807, 2.05) is 0 Å². The first-order valence-electron chi connectivity index (χ1n) is 5.44. The number of carbonyl (C=O) groups excluding carboxylic acids is 2. The summed E-state index contributed by atoms with van der Waals surface area (Å²) in [4.78, 5) is 24.5. The van der Waals surface area contributed by atoms with Crippen LogP contribution in [0.15, 0.2) is 24.3 Å². The number of hydrogen-bond donors (Lipinski definition) is 1. The summed E-state index contributed by atoms with van der Waals surface area (Å²) >= 11 is 0. The second kappa shape index (κ2) is 4.95. The largest absolute Gasteiger partial charge is 0.353 e. The zero-order valence-electron chi connectivity index (χ0n) is 9.28. The van der Waals surface area contributed by atoms with E-state index in [9.17, 15) is 14.0 Å². The normalized spacial score (nSPS) is 15.6. The Balaban J connectivity index is 1.99. The SMILES string of the molecule is O=C1CN(C(=O)Cc2cccc(F)c2)CCN1. The molecule has 1 heterocycles. The molecule has 0 saturated carbocycles. The average Bonchev–Trinajstić information content (AvgIpc) is 2.29. The lowest BCUT2D eigenvalue weighted by Crippen LogP contribution is -2.50. The molecule has 0 radical (unpaired) electrons. The third-order valence-corrected chi connectivity index (χ3v) is 2.64. The Kier molecular flexibility index (Phi) is 3.37. The van der Waals surface area contributed by atoms with Crippen molar-refractivity contribution >= 4 is 11.8 Å². The molecule has 0 unspecified atom stereocenters. The fraction of sp³-hybridized carbons (Fsp3) is 0.333. The van der Waals surface area contributed by atoms with Crippen molar-refractivity contribution in [3.05, 3.63) is 35.6 Å². The van der Waals surface area contributed by atoms with Gasteiger partial charge in [-0.3, -0.25) is 9.59 Å². The Hall–Kier alpha value is -1.91. The van der Waals surface area contributed by atoms with Gasteiger partial charge in [-0.05, 0) is 17.7 Å². The molecule has 0 bridgehead atoms. The van der Waals surface area contributed by atoms with Crippen LogP contribution in [0.25, 0.3) is 0 Å². The number of amides is 2. The van der Waals surface area contributed by atoms with Gasteiger partial charge in [-0.15, -0.1) is 0 Å². The molecule has 17 heavy (non-hydrogen) atoms. The Bertz CT molecular complexity index is 448. The zero-order chi connectivity index (χ0) is 12.3. The molecule has 1 aliphatic rings. The molecular formula is C12H13FN2O2. The van der Waals surface area contributed by atoms with Crippen LogP contribution >= 0.6 is 0 Å². The predicted octanol–water partition coefficient (Wildman–Crippen LogP) is 0.327. The molecule has 5 heteroatoms. The highest BCUT2D eigenvalue weighted by Gasteiger charge is 2.20. The highest BCUT2D eigenvalue weighted by Crippen LogP contribution is 2.07. The lowest BCUT2D eigenvalue weighted by Gasteiger charge is -2.26. The second-order valence-electron chi connectivity index (χ2n) is 3.97. The Morgan fingerprint density at radius 2 is 2.29 bits per heavy atom. The van der Waals surface area contributed by atoms with Gasteiger partial charge in [0.15, 0.2) is 0 Å². The number of nitrogens with one attached hydrogen (secondary N) is 1. The summed E-state index contributed by atoms with van der Waals surface area (Å²) in [6, 6.07) is 5.94. The van der Waals surface area contributed by atoms with E-state index >= 15 is 0 Å². The molecule has 1 aliphatic heterocycles. The summed E-state index contributed by atoms with van der Waals surface area (Å²) < 4.78 is 12.9. The summed E-state index contributed by atoms with van der Waals surface area (Å²) in [6.45, 7) is 1.09. The molecule has 1 aromatic rings. The average molecular weight is 236 g/mol. The first-order chi connectivity index (χ1) is 8.15. The van der Waals surface area contributed by atoms with Gasteiger partial charge in [0.1, 0.15) is 5.82 Å². The van der Waals surface area contributed by atoms with Crippen LogP contribution in [-0.2, 0) is 16.0 Å². The van der Waals surface area contributed by atoms with Gasteiger partial charge in [0.2, 0.25) is 11.8 Å². The van der Waals surface area contributed by atoms with Crippen molar-refractivity contribution in [2.45, 2.75) is 6.42 Å². The van der Waals surface area contributed by atoms with Crippen LogP contribution in [0, 0.1) is 5.82 Å². The fourth-order valence-corrected chi connectivity index (χ4v) is 1.78. The maximum Gasteiger partial charge on any atom is 0.239 e. The maximum absolute atomic E-state index is 12.9. The predicted molar refractivity (Wildman–Crippen MR) is 59.7 cm³/mol. The molecule has 4 nitrogen and oxygen atoms in total. The highest BCUT2D eigenvalue weighted by molar-refractivity contribution is 5.86. The Morgan fingerprint density at radius 1 is 1.47 bits per heavy atom. The van der Waals surface area contributed by atoms with Gasteiger partial charge in [0.05, 0.1) is 13.0 Å². The maximum atomic E-state index is 12.9. The van der Waals surface area contributed by atoms with Crippen LogP contribution in [0.3, 0.4) is 0 Å².